The van der Waals surface area contributed by atoms with Gasteiger partial charge in [0.1, 0.15) is 22.7 Å². The van der Waals surface area contributed by atoms with Gasteiger partial charge in [0.15, 0.2) is 0 Å². The van der Waals surface area contributed by atoms with Gasteiger partial charge in [0.2, 0.25) is 0 Å². The topological polar surface area (TPSA) is 50.9 Å². The van der Waals surface area contributed by atoms with E-state index in [1.54, 1.807) is 4.80 Å². The van der Waals surface area contributed by atoms with Crippen molar-refractivity contribution in [1.29, 1.82) is 0 Å². The first kappa shape index (κ1) is 21.8. The van der Waals surface area contributed by atoms with Crippen LogP contribution in [0.15, 0.2) is 48.1 Å². The maximum Gasteiger partial charge on any atom is 0.122 e. The fraction of sp³-hybridized carbons (Fsp3) is 0.600. The Morgan fingerprint density at radius 3 is 2.03 bits per heavy atom. The van der Waals surface area contributed by atoms with E-state index in [1.165, 1.54) is 57.8 Å². The van der Waals surface area contributed by atoms with Crippen LogP contribution in [0.1, 0.15) is 90.5 Å². The molecule has 0 amide bonds. The van der Waals surface area contributed by atoms with Crippen molar-refractivity contribution in [2.45, 2.75) is 96.1 Å². The van der Waals surface area contributed by atoms with Crippen LogP contribution in [-0.2, 0) is 0 Å². The standard InChI is InChI=1S/C25H37N3O/c1-3-4-5-6-7-8-9-10-11-12-16-21-17-15-20-24(25(21,2)29)28-26-22-18-13-14-19-23(22)27-28/h13-15,17-20,24,29H,3-12,16H2,1-2H3. The van der Waals surface area contributed by atoms with Gasteiger partial charge < -0.3 is 5.11 Å². The number of rotatable bonds is 12. The molecular formula is C25H37N3O. The Kier molecular flexibility index (Phi) is 8.05. The largest absolute Gasteiger partial charge is 0.383 e. The molecule has 2 aromatic rings. The van der Waals surface area contributed by atoms with Crippen molar-refractivity contribution < 1.29 is 5.11 Å². The quantitative estimate of drug-likeness (QED) is 0.416. The van der Waals surface area contributed by atoms with E-state index in [9.17, 15) is 5.11 Å². The van der Waals surface area contributed by atoms with Crippen molar-refractivity contribution >= 4 is 11.0 Å². The molecular weight excluding hydrogens is 358 g/mol. The minimum Gasteiger partial charge on any atom is -0.383 e. The van der Waals surface area contributed by atoms with Crippen LogP contribution >= 0.6 is 0 Å². The first-order chi connectivity index (χ1) is 14.1. The van der Waals surface area contributed by atoms with Crippen molar-refractivity contribution in [3.63, 3.8) is 0 Å². The van der Waals surface area contributed by atoms with Gasteiger partial charge >= 0.3 is 0 Å². The Balaban J connectivity index is 1.44. The van der Waals surface area contributed by atoms with Gasteiger partial charge in [-0.1, -0.05) is 95.1 Å². The fourth-order valence-corrected chi connectivity index (χ4v) is 4.26. The van der Waals surface area contributed by atoms with Crippen LogP contribution in [0.3, 0.4) is 0 Å². The third-order valence-corrected chi connectivity index (χ3v) is 6.17. The molecule has 0 bridgehead atoms. The Hall–Kier alpha value is -1.94. The molecule has 4 heteroatoms. The predicted octanol–water partition coefficient (Wildman–Crippen LogP) is 6.53. The lowest BCUT2D eigenvalue weighted by Crippen LogP contribution is -2.39. The number of hydrogen-bond donors (Lipinski definition) is 1. The minimum atomic E-state index is -0.955. The highest BCUT2D eigenvalue weighted by molar-refractivity contribution is 5.73. The van der Waals surface area contributed by atoms with E-state index in [0.717, 1.165) is 29.4 Å². The van der Waals surface area contributed by atoms with Crippen LogP contribution in [0.5, 0.6) is 0 Å². The minimum absolute atomic E-state index is 0.266. The SMILES string of the molecule is CCCCCCCCCCCCC1=CC=CC(n2nc3ccccc3n2)C1(C)O. The zero-order valence-corrected chi connectivity index (χ0v) is 18.2. The average molecular weight is 396 g/mol. The summed E-state index contributed by atoms with van der Waals surface area (Å²) in [7, 11) is 0. The van der Waals surface area contributed by atoms with Crippen LogP contribution in [0, 0.1) is 0 Å². The normalized spacial score (nSPS) is 21.6. The van der Waals surface area contributed by atoms with Crippen molar-refractivity contribution in [3.8, 4) is 0 Å². The van der Waals surface area contributed by atoms with E-state index >= 15 is 0 Å². The third-order valence-electron chi connectivity index (χ3n) is 6.17. The van der Waals surface area contributed by atoms with E-state index < -0.39 is 5.60 Å². The Labute approximate surface area is 175 Å². The van der Waals surface area contributed by atoms with Crippen molar-refractivity contribution in [3.05, 3.63) is 48.1 Å². The zero-order valence-electron chi connectivity index (χ0n) is 18.2. The lowest BCUT2D eigenvalue weighted by molar-refractivity contribution is 0.0443. The first-order valence-electron chi connectivity index (χ1n) is 11.5. The van der Waals surface area contributed by atoms with Crippen molar-refractivity contribution in [2.75, 3.05) is 0 Å². The van der Waals surface area contributed by atoms with Gasteiger partial charge in [-0.15, -0.1) is 0 Å². The molecule has 0 saturated heterocycles. The summed E-state index contributed by atoms with van der Waals surface area (Å²) in [5, 5.41) is 20.5. The molecule has 0 fully saturated rings. The summed E-state index contributed by atoms with van der Waals surface area (Å²) < 4.78 is 0. The lowest BCUT2D eigenvalue weighted by atomic mass is 9.81. The number of fused-ring (bicyclic) bond motifs is 1. The molecule has 1 aromatic carbocycles. The van der Waals surface area contributed by atoms with Gasteiger partial charge in [-0.25, -0.2) is 0 Å². The molecule has 0 radical (unpaired) electrons. The van der Waals surface area contributed by atoms with Crippen LogP contribution < -0.4 is 0 Å². The monoisotopic (exact) mass is 395 g/mol. The molecule has 4 nitrogen and oxygen atoms in total. The first-order valence-corrected chi connectivity index (χ1v) is 11.5. The predicted molar refractivity (Wildman–Crippen MR) is 121 cm³/mol. The number of nitrogens with zero attached hydrogens (tertiary/aromatic N) is 3. The Bertz CT molecular complexity index is 785. The molecule has 1 aliphatic carbocycles. The second-order valence-corrected chi connectivity index (χ2v) is 8.61. The molecule has 158 valence electrons. The number of benzene rings is 1. The molecule has 1 aromatic heterocycles. The fourth-order valence-electron chi connectivity index (χ4n) is 4.26. The maximum absolute atomic E-state index is 11.3. The van der Waals surface area contributed by atoms with Gasteiger partial charge in [0, 0.05) is 0 Å². The highest BCUT2D eigenvalue weighted by atomic mass is 16.3. The summed E-state index contributed by atoms with van der Waals surface area (Å²) in [6, 6.07) is 7.58. The van der Waals surface area contributed by atoms with Crippen LogP contribution in [0.4, 0.5) is 0 Å². The van der Waals surface area contributed by atoms with Gasteiger partial charge in [-0.05, 0) is 37.5 Å². The van der Waals surface area contributed by atoms with Gasteiger partial charge in [0.25, 0.3) is 0 Å². The second-order valence-electron chi connectivity index (χ2n) is 8.61. The number of aliphatic hydroxyl groups is 1. The van der Waals surface area contributed by atoms with Crippen molar-refractivity contribution in [2.24, 2.45) is 0 Å². The molecule has 0 saturated carbocycles. The summed E-state index contributed by atoms with van der Waals surface area (Å²) in [4.78, 5) is 1.67. The van der Waals surface area contributed by atoms with E-state index in [0.29, 0.717) is 0 Å². The Morgan fingerprint density at radius 1 is 0.897 bits per heavy atom. The summed E-state index contributed by atoms with van der Waals surface area (Å²) in [5.74, 6) is 0. The van der Waals surface area contributed by atoms with Crippen LogP contribution in [0.2, 0.25) is 0 Å². The van der Waals surface area contributed by atoms with Crippen LogP contribution in [0.25, 0.3) is 11.0 Å². The number of aromatic nitrogens is 3. The molecule has 2 atom stereocenters. The van der Waals surface area contributed by atoms with E-state index in [2.05, 4.69) is 23.2 Å². The smallest absolute Gasteiger partial charge is 0.122 e. The Morgan fingerprint density at radius 2 is 1.45 bits per heavy atom. The van der Waals surface area contributed by atoms with Crippen LogP contribution in [-0.4, -0.2) is 25.7 Å². The van der Waals surface area contributed by atoms with E-state index in [1.807, 2.05) is 43.3 Å². The molecule has 1 aliphatic rings. The molecule has 2 unspecified atom stereocenters. The molecule has 3 rings (SSSR count). The molecule has 0 spiro atoms. The van der Waals surface area contributed by atoms with E-state index in [4.69, 9.17) is 0 Å². The zero-order chi connectivity index (χ0) is 20.5. The van der Waals surface area contributed by atoms with E-state index in [-0.39, 0.29) is 6.04 Å². The highest BCUT2D eigenvalue weighted by Gasteiger charge is 2.38. The molecule has 1 N–H and O–H groups in total. The second kappa shape index (κ2) is 10.7. The lowest BCUT2D eigenvalue weighted by Gasteiger charge is -2.35. The molecule has 1 heterocycles. The van der Waals surface area contributed by atoms with Gasteiger partial charge in [-0.2, -0.15) is 15.0 Å². The summed E-state index contributed by atoms with van der Waals surface area (Å²) >= 11 is 0. The summed E-state index contributed by atoms with van der Waals surface area (Å²) in [5.41, 5.74) is 1.86. The molecule has 29 heavy (non-hydrogen) atoms. The van der Waals surface area contributed by atoms with Crippen molar-refractivity contribution in [1.82, 2.24) is 15.0 Å². The highest BCUT2D eigenvalue weighted by Crippen LogP contribution is 2.36. The van der Waals surface area contributed by atoms with Gasteiger partial charge in [-0.3, -0.25) is 0 Å². The molecule has 0 aliphatic heterocycles. The number of unbranched alkanes of at least 4 members (excludes halogenated alkanes) is 9. The summed E-state index contributed by atoms with van der Waals surface area (Å²) in [6.07, 6.45) is 20.3. The third kappa shape index (κ3) is 5.79. The van der Waals surface area contributed by atoms with Gasteiger partial charge in [0.05, 0.1) is 0 Å². The maximum atomic E-state index is 11.3. The number of hydrogen-bond acceptors (Lipinski definition) is 3. The number of allylic oxidation sites excluding steroid dienone is 2. The average Bonchev–Trinajstić information content (AvgIpc) is 3.13. The summed E-state index contributed by atoms with van der Waals surface area (Å²) in [6.45, 7) is 4.17.